The van der Waals surface area contributed by atoms with Crippen LogP contribution in [0.5, 0.6) is 0 Å². The zero-order valence-electron chi connectivity index (χ0n) is 11.8. The minimum atomic E-state index is 0.537. The Morgan fingerprint density at radius 2 is 1.65 bits per heavy atom. The Hall–Kier alpha value is -1.02. The Morgan fingerprint density at radius 3 is 2.12 bits per heavy atom. The lowest BCUT2D eigenvalue weighted by atomic mass is 10.0. The van der Waals surface area contributed by atoms with Gasteiger partial charge in [-0.25, -0.2) is 0 Å². The van der Waals surface area contributed by atoms with E-state index in [1.54, 1.807) is 0 Å². The van der Waals surface area contributed by atoms with Gasteiger partial charge in [0.05, 0.1) is 0 Å². The minimum Gasteiger partial charge on any atom is -0.383 e. The van der Waals surface area contributed by atoms with Gasteiger partial charge in [0, 0.05) is 18.3 Å². The molecule has 0 saturated heterocycles. The summed E-state index contributed by atoms with van der Waals surface area (Å²) in [5, 5.41) is 3.54. The molecule has 0 fully saturated rings. The summed E-state index contributed by atoms with van der Waals surface area (Å²) in [6.07, 6.45) is 1.21. The average Bonchev–Trinajstić information content (AvgIpc) is 2.18. The van der Waals surface area contributed by atoms with E-state index in [2.05, 4.69) is 69.3 Å². The molecule has 1 unspecified atom stereocenters. The van der Waals surface area contributed by atoms with Crippen LogP contribution in [-0.4, -0.2) is 25.0 Å². The third-order valence-corrected chi connectivity index (χ3v) is 2.69. The molecule has 0 saturated carbocycles. The number of hydrogen-bond acceptors (Lipinski definition) is 2. The van der Waals surface area contributed by atoms with Gasteiger partial charge in [-0.3, -0.25) is 0 Å². The maximum absolute atomic E-state index is 3.54. The zero-order chi connectivity index (χ0) is 12.8. The lowest BCUT2D eigenvalue weighted by Crippen LogP contribution is -2.17. The SMILES string of the molecule is CC(C)CC(C)Nc1ccc(CN(C)C)cc1. The molecule has 1 rings (SSSR count). The fourth-order valence-electron chi connectivity index (χ4n) is 2.12. The van der Waals surface area contributed by atoms with E-state index in [-0.39, 0.29) is 0 Å². The second kappa shape index (κ2) is 6.65. The molecule has 2 heteroatoms. The van der Waals surface area contributed by atoms with Crippen LogP contribution in [0.4, 0.5) is 5.69 Å². The summed E-state index contributed by atoms with van der Waals surface area (Å²) in [6, 6.07) is 9.29. The van der Waals surface area contributed by atoms with E-state index in [9.17, 15) is 0 Å². The summed E-state index contributed by atoms with van der Waals surface area (Å²) in [5.74, 6) is 0.741. The molecule has 0 spiro atoms. The van der Waals surface area contributed by atoms with Crippen LogP contribution in [0.1, 0.15) is 32.8 Å². The van der Waals surface area contributed by atoms with Gasteiger partial charge in [0.25, 0.3) is 0 Å². The first kappa shape index (κ1) is 14.0. The summed E-state index contributed by atoms with van der Waals surface area (Å²) in [5.41, 5.74) is 2.58. The van der Waals surface area contributed by atoms with Gasteiger partial charge in [0.1, 0.15) is 0 Å². The van der Waals surface area contributed by atoms with Crippen molar-refractivity contribution in [2.75, 3.05) is 19.4 Å². The predicted octanol–water partition coefficient (Wildman–Crippen LogP) is 3.59. The molecule has 17 heavy (non-hydrogen) atoms. The fraction of sp³-hybridized carbons (Fsp3) is 0.600. The molecule has 0 bridgehead atoms. The van der Waals surface area contributed by atoms with Gasteiger partial charge in [0.2, 0.25) is 0 Å². The molecule has 1 aromatic carbocycles. The Labute approximate surface area is 106 Å². The van der Waals surface area contributed by atoms with Crippen molar-refractivity contribution >= 4 is 5.69 Å². The first-order valence-corrected chi connectivity index (χ1v) is 6.47. The molecular weight excluding hydrogens is 208 g/mol. The summed E-state index contributed by atoms with van der Waals surface area (Å²) < 4.78 is 0. The van der Waals surface area contributed by atoms with Crippen molar-refractivity contribution in [2.24, 2.45) is 5.92 Å². The second-order valence-electron chi connectivity index (χ2n) is 5.61. The van der Waals surface area contributed by atoms with Gasteiger partial charge in [-0.2, -0.15) is 0 Å². The van der Waals surface area contributed by atoms with Crippen LogP contribution in [0.15, 0.2) is 24.3 Å². The number of rotatable bonds is 6. The van der Waals surface area contributed by atoms with E-state index in [0.717, 1.165) is 12.5 Å². The van der Waals surface area contributed by atoms with E-state index in [1.807, 2.05) is 0 Å². The van der Waals surface area contributed by atoms with Crippen LogP contribution in [0.2, 0.25) is 0 Å². The van der Waals surface area contributed by atoms with Crippen molar-refractivity contribution in [1.29, 1.82) is 0 Å². The summed E-state index contributed by atoms with van der Waals surface area (Å²) in [6.45, 7) is 7.77. The Morgan fingerprint density at radius 1 is 1.06 bits per heavy atom. The quantitative estimate of drug-likeness (QED) is 0.809. The molecule has 96 valence electrons. The molecule has 0 radical (unpaired) electrons. The van der Waals surface area contributed by atoms with Crippen LogP contribution in [-0.2, 0) is 6.54 Å². The van der Waals surface area contributed by atoms with Crippen LogP contribution >= 0.6 is 0 Å². The minimum absolute atomic E-state index is 0.537. The zero-order valence-corrected chi connectivity index (χ0v) is 11.8. The summed E-state index contributed by atoms with van der Waals surface area (Å²) >= 11 is 0. The third-order valence-electron chi connectivity index (χ3n) is 2.69. The molecule has 2 nitrogen and oxygen atoms in total. The van der Waals surface area contributed by atoms with Crippen molar-refractivity contribution < 1.29 is 0 Å². The van der Waals surface area contributed by atoms with Gasteiger partial charge in [-0.05, 0) is 51.1 Å². The molecule has 1 N–H and O–H groups in total. The highest BCUT2D eigenvalue weighted by molar-refractivity contribution is 5.45. The lowest BCUT2D eigenvalue weighted by molar-refractivity contribution is 0.402. The van der Waals surface area contributed by atoms with Gasteiger partial charge in [-0.1, -0.05) is 26.0 Å². The second-order valence-corrected chi connectivity index (χ2v) is 5.61. The van der Waals surface area contributed by atoms with Crippen molar-refractivity contribution in [3.8, 4) is 0 Å². The molecule has 0 aliphatic heterocycles. The molecule has 0 aliphatic rings. The standard InChI is InChI=1S/C15H26N2/c1-12(2)10-13(3)16-15-8-6-14(7-9-15)11-17(4)5/h6-9,12-13,16H,10-11H2,1-5H3. The Bertz CT molecular complexity index is 314. The van der Waals surface area contributed by atoms with E-state index in [1.165, 1.54) is 17.7 Å². The largest absolute Gasteiger partial charge is 0.383 e. The molecular formula is C15H26N2. The average molecular weight is 234 g/mol. The lowest BCUT2D eigenvalue weighted by Gasteiger charge is -2.17. The number of hydrogen-bond donors (Lipinski definition) is 1. The topological polar surface area (TPSA) is 15.3 Å². The predicted molar refractivity (Wildman–Crippen MR) is 76.4 cm³/mol. The highest BCUT2D eigenvalue weighted by Crippen LogP contribution is 2.14. The highest BCUT2D eigenvalue weighted by atomic mass is 15.0. The molecule has 1 aromatic rings. The summed E-state index contributed by atoms with van der Waals surface area (Å²) in [7, 11) is 4.19. The normalized spacial score (nSPS) is 13.1. The van der Waals surface area contributed by atoms with Crippen LogP contribution < -0.4 is 5.32 Å². The number of nitrogens with zero attached hydrogens (tertiary/aromatic N) is 1. The van der Waals surface area contributed by atoms with Gasteiger partial charge in [0.15, 0.2) is 0 Å². The Kier molecular flexibility index (Phi) is 5.49. The van der Waals surface area contributed by atoms with Crippen molar-refractivity contribution in [1.82, 2.24) is 4.90 Å². The van der Waals surface area contributed by atoms with E-state index >= 15 is 0 Å². The molecule has 0 amide bonds. The summed E-state index contributed by atoms with van der Waals surface area (Å²) in [4.78, 5) is 2.18. The highest BCUT2D eigenvalue weighted by Gasteiger charge is 2.04. The van der Waals surface area contributed by atoms with E-state index < -0.39 is 0 Å². The van der Waals surface area contributed by atoms with Gasteiger partial charge < -0.3 is 10.2 Å². The van der Waals surface area contributed by atoms with Crippen LogP contribution in [0.25, 0.3) is 0 Å². The van der Waals surface area contributed by atoms with Gasteiger partial charge >= 0.3 is 0 Å². The first-order valence-electron chi connectivity index (χ1n) is 6.47. The molecule has 1 atom stereocenters. The van der Waals surface area contributed by atoms with Gasteiger partial charge in [-0.15, -0.1) is 0 Å². The van der Waals surface area contributed by atoms with Crippen molar-refractivity contribution in [3.63, 3.8) is 0 Å². The smallest absolute Gasteiger partial charge is 0.0342 e. The van der Waals surface area contributed by atoms with Crippen LogP contribution in [0, 0.1) is 5.92 Å². The molecule has 0 aliphatic carbocycles. The molecule has 0 aromatic heterocycles. The van der Waals surface area contributed by atoms with E-state index in [4.69, 9.17) is 0 Å². The fourth-order valence-corrected chi connectivity index (χ4v) is 2.12. The Balaban J connectivity index is 2.50. The van der Waals surface area contributed by atoms with Crippen molar-refractivity contribution in [2.45, 2.75) is 39.8 Å². The van der Waals surface area contributed by atoms with Crippen molar-refractivity contribution in [3.05, 3.63) is 29.8 Å². The third kappa shape index (κ3) is 5.73. The number of nitrogens with one attached hydrogen (secondary N) is 1. The van der Waals surface area contributed by atoms with E-state index in [0.29, 0.717) is 6.04 Å². The molecule has 0 heterocycles. The maximum atomic E-state index is 3.54. The number of anilines is 1. The van der Waals surface area contributed by atoms with Crippen LogP contribution in [0.3, 0.4) is 0 Å². The number of benzene rings is 1. The monoisotopic (exact) mass is 234 g/mol. The first-order chi connectivity index (χ1) is 7.97. The maximum Gasteiger partial charge on any atom is 0.0342 e.